The number of nitrogens with zero attached hydrogens (tertiary/aromatic N) is 2. The molecule has 1 aliphatic rings. The van der Waals surface area contributed by atoms with E-state index in [2.05, 4.69) is 10.1 Å². The Morgan fingerprint density at radius 2 is 2.29 bits per heavy atom. The van der Waals surface area contributed by atoms with Crippen LogP contribution in [0, 0.1) is 6.92 Å². The van der Waals surface area contributed by atoms with Crippen molar-refractivity contribution in [2.75, 3.05) is 0 Å². The van der Waals surface area contributed by atoms with Gasteiger partial charge in [0.15, 0.2) is 5.76 Å². The van der Waals surface area contributed by atoms with E-state index in [1.807, 2.05) is 25.1 Å². The Labute approximate surface area is 98.3 Å². The van der Waals surface area contributed by atoms with Crippen molar-refractivity contribution < 1.29 is 8.94 Å². The Hall–Kier alpha value is -1.88. The number of hydrogen-bond acceptors (Lipinski definition) is 5. The van der Waals surface area contributed by atoms with Gasteiger partial charge in [0, 0.05) is 6.04 Å². The van der Waals surface area contributed by atoms with E-state index in [9.17, 15) is 0 Å². The van der Waals surface area contributed by atoms with E-state index < -0.39 is 0 Å². The summed E-state index contributed by atoms with van der Waals surface area (Å²) in [4.78, 5) is 4.35. The second kappa shape index (κ2) is 3.85. The van der Waals surface area contributed by atoms with Gasteiger partial charge in [0.05, 0.1) is 12.2 Å². The highest BCUT2D eigenvalue weighted by Crippen LogP contribution is 2.29. The van der Waals surface area contributed by atoms with E-state index in [1.54, 1.807) is 6.26 Å². The molecule has 17 heavy (non-hydrogen) atoms. The van der Waals surface area contributed by atoms with Crippen molar-refractivity contribution in [3.8, 4) is 11.6 Å². The topological polar surface area (TPSA) is 78.1 Å². The molecule has 1 aliphatic carbocycles. The van der Waals surface area contributed by atoms with Gasteiger partial charge >= 0.3 is 0 Å². The van der Waals surface area contributed by atoms with Crippen LogP contribution in [-0.4, -0.2) is 16.2 Å². The van der Waals surface area contributed by atoms with Crippen molar-refractivity contribution in [1.82, 2.24) is 10.1 Å². The van der Waals surface area contributed by atoms with Crippen LogP contribution in [0.15, 0.2) is 33.4 Å². The molecule has 0 aliphatic heterocycles. The van der Waals surface area contributed by atoms with E-state index in [4.69, 9.17) is 14.7 Å². The van der Waals surface area contributed by atoms with Crippen LogP contribution < -0.4 is 5.73 Å². The van der Waals surface area contributed by atoms with Crippen LogP contribution in [0.4, 0.5) is 0 Å². The normalized spacial score (nSPS) is 23.4. The summed E-state index contributed by atoms with van der Waals surface area (Å²) in [5.41, 5.74) is 6.79. The predicted octanol–water partition coefficient (Wildman–Crippen LogP) is 2.01. The fraction of sp³-hybridized carbons (Fsp3) is 0.333. The molecule has 2 aromatic rings. The number of allylic oxidation sites excluding steroid dienone is 1. The van der Waals surface area contributed by atoms with Crippen LogP contribution in [0.1, 0.15) is 23.8 Å². The van der Waals surface area contributed by atoms with Crippen LogP contribution in [0.5, 0.6) is 0 Å². The lowest BCUT2D eigenvalue weighted by molar-refractivity contribution is 0.364. The minimum Gasteiger partial charge on any atom is -0.461 e. The first kappa shape index (κ1) is 10.3. The predicted molar refractivity (Wildman–Crippen MR) is 61.2 cm³/mol. The Bertz CT molecular complexity index is 556. The molecular weight excluding hydrogens is 218 g/mol. The number of nitrogens with two attached hydrogens (primary N) is 1. The first-order valence-corrected chi connectivity index (χ1v) is 5.56. The van der Waals surface area contributed by atoms with Crippen LogP contribution in [0.3, 0.4) is 0 Å². The van der Waals surface area contributed by atoms with Crippen molar-refractivity contribution in [3.05, 3.63) is 35.9 Å². The summed E-state index contributed by atoms with van der Waals surface area (Å²) in [6.45, 7) is 1.94. The first-order chi connectivity index (χ1) is 8.24. The fourth-order valence-corrected chi connectivity index (χ4v) is 1.99. The molecule has 2 N–H and O–H groups in total. The molecule has 2 atom stereocenters. The molecule has 5 nitrogen and oxygen atoms in total. The minimum absolute atomic E-state index is 0.0840. The number of hydrogen-bond donors (Lipinski definition) is 1. The van der Waals surface area contributed by atoms with Crippen LogP contribution in [-0.2, 0) is 0 Å². The van der Waals surface area contributed by atoms with Crippen molar-refractivity contribution in [2.45, 2.75) is 25.3 Å². The molecule has 0 radical (unpaired) electrons. The molecule has 0 saturated carbocycles. The molecule has 0 spiro atoms. The average molecular weight is 231 g/mol. The van der Waals surface area contributed by atoms with Crippen molar-refractivity contribution in [3.63, 3.8) is 0 Å². The van der Waals surface area contributed by atoms with Gasteiger partial charge in [-0.05, 0) is 25.0 Å². The van der Waals surface area contributed by atoms with Crippen LogP contribution >= 0.6 is 0 Å². The van der Waals surface area contributed by atoms with Crippen LogP contribution in [0.2, 0.25) is 0 Å². The maximum Gasteiger partial charge on any atom is 0.238 e. The molecule has 2 heterocycles. The molecule has 2 aromatic heterocycles. The highest BCUT2D eigenvalue weighted by Gasteiger charge is 2.24. The lowest BCUT2D eigenvalue weighted by Crippen LogP contribution is -2.14. The minimum atomic E-state index is 0.0840. The lowest BCUT2D eigenvalue weighted by Gasteiger charge is -2.01. The summed E-state index contributed by atoms with van der Waals surface area (Å²) in [6.07, 6.45) is 6.41. The largest absolute Gasteiger partial charge is 0.461 e. The number of furan rings is 1. The number of rotatable bonds is 2. The third-order valence-electron chi connectivity index (χ3n) is 2.94. The Morgan fingerprint density at radius 1 is 1.41 bits per heavy atom. The van der Waals surface area contributed by atoms with Gasteiger partial charge in [-0.15, -0.1) is 0 Å². The quantitative estimate of drug-likeness (QED) is 0.800. The molecule has 0 amide bonds. The van der Waals surface area contributed by atoms with Gasteiger partial charge in [0.2, 0.25) is 11.7 Å². The van der Waals surface area contributed by atoms with Crippen molar-refractivity contribution >= 4 is 0 Å². The van der Waals surface area contributed by atoms with Gasteiger partial charge in [-0.25, -0.2) is 0 Å². The molecular formula is C12H13N3O2. The average Bonchev–Trinajstić information content (AvgIpc) is 2.97. The van der Waals surface area contributed by atoms with Gasteiger partial charge in [0.25, 0.3) is 0 Å². The molecule has 0 fully saturated rings. The van der Waals surface area contributed by atoms with Gasteiger partial charge in [-0.3, -0.25) is 0 Å². The molecule has 0 saturated heterocycles. The summed E-state index contributed by atoms with van der Waals surface area (Å²) in [5.74, 6) is 1.88. The van der Waals surface area contributed by atoms with E-state index >= 15 is 0 Å². The zero-order chi connectivity index (χ0) is 11.8. The van der Waals surface area contributed by atoms with E-state index in [0.717, 1.165) is 12.0 Å². The third-order valence-corrected chi connectivity index (χ3v) is 2.94. The van der Waals surface area contributed by atoms with Crippen molar-refractivity contribution in [1.29, 1.82) is 0 Å². The smallest absolute Gasteiger partial charge is 0.238 e. The summed E-state index contributed by atoms with van der Waals surface area (Å²) in [5, 5.41) is 3.93. The summed E-state index contributed by atoms with van der Waals surface area (Å²) in [7, 11) is 0. The summed E-state index contributed by atoms with van der Waals surface area (Å²) < 4.78 is 10.6. The fourth-order valence-electron chi connectivity index (χ4n) is 1.99. The summed E-state index contributed by atoms with van der Waals surface area (Å²) in [6, 6.07) is 1.96. The highest BCUT2D eigenvalue weighted by molar-refractivity contribution is 5.51. The third kappa shape index (κ3) is 1.78. The SMILES string of the molecule is Cc1ccoc1-c1noc(C2C=CC(N)C2)n1. The molecule has 0 aromatic carbocycles. The first-order valence-electron chi connectivity index (χ1n) is 5.56. The maximum atomic E-state index is 5.79. The Balaban J connectivity index is 1.89. The van der Waals surface area contributed by atoms with Crippen molar-refractivity contribution in [2.24, 2.45) is 5.73 Å². The molecule has 5 heteroatoms. The number of aryl methyl sites for hydroxylation is 1. The molecule has 0 bridgehead atoms. The van der Waals surface area contributed by atoms with E-state index in [1.165, 1.54) is 0 Å². The van der Waals surface area contributed by atoms with Gasteiger partial charge in [0.1, 0.15) is 0 Å². The van der Waals surface area contributed by atoms with E-state index in [-0.39, 0.29) is 12.0 Å². The number of aromatic nitrogens is 2. The van der Waals surface area contributed by atoms with Gasteiger partial charge in [-0.2, -0.15) is 4.98 Å². The summed E-state index contributed by atoms with van der Waals surface area (Å²) >= 11 is 0. The van der Waals surface area contributed by atoms with Crippen LogP contribution in [0.25, 0.3) is 11.6 Å². The maximum absolute atomic E-state index is 5.79. The molecule has 2 unspecified atom stereocenters. The monoisotopic (exact) mass is 231 g/mol. The standard InChI is InChI=1S/C12H13N3O2/c1-7-4-5-16-10(7)11-14-12(17-15-11)8-2-3-9(13)6-8/h2-5,8-9H,6,13H2,1H3. The van der Waals surface area contributed by atoms with E-state index in [0.29, 0.717) is 17.5 Å². The highest BCUT2D eigenvalue weighted by atomic mass is 16.5. The van der Waals surface area contributed by atoms with Gasteiger partial charge in [-0.1, -0.05) is 17.3 Å². The Kier molecular flexibility index (Phi) is 2.33. The van der Waals surface area contributed by atoms with Gasteiger partial charge < -0.3 is 14.7 Å². The zero-order valence-corrected chi connectivity index (χ0v) is 9.46. The molecule has 88 valence electrons. The molecule has 3 rings (SSSR count). The second-order valence-electron chi connectivity index (χ2n) is 4.28. The Morgan fingerprint density at radius 3 is 2.94 bits per heavy atom. The zero-order valence-electron chi connectivity index (χ0n) is 9.46. The lowest BCUT2D eigenvalue weighted by atomic mass is 10.1. The second-order valence-corrected chi connectivity index (χ2v) is 4.28.